The van der Waals surface area contributed by atoms with Gasteiger partial charge in [0.2, 0.25) is 5.52 Å². The zero-order valence-corrected chi connectivity index (χ0v) is 9.44. The van der Waals surface area contributed by atoms with E-state index in [9.17, 15) is 0 Å². The van der Waals surface area contributed by atoms with Crippen molar-refractivity contribution in [2.45, 2.75) is 6.92 Å². The van der Waals surface area contributed by atoms with Gasteiger partial charge in [-0.3, -0.25) is 0 Å². The van der Waals surface area contributed by atoms with Gasteiger partial charge in [0.05, 0.1) is 0 Å². The van der Waals surface area contributed by atoms with Crippen molar-refractivity contribution < 1.29 is 4.57 Å². The fraction of sp³-hybridized carbons (Fsp3) is 0.143. The third-order valence-corrected chi connectivity index (χ3v) is 3.04. The molecule has 0 atom stereocenters. The van der Waals surface area contributed by atoms with Crippen molar-refractivity contribution >= 4 is 21.8 Å². The molecule has 78 valence electrons. The van der Waals surface area contributed by atoms with Gasteiger partial charge in [-0.2, -0.15) is 4.57 Å². The number of benzene rings is 1. The third-order valence-electron chi connectivity index (χ3n) is 3.04. The Morgan fingerprint density at radius 3 is 2.94 bits per heavy atom. The lowest BCUT2D eigenvalue weighted by Gasteiger charge is -2.04. The minimum absolute atomic E-state index is 1.08. The number of rotatable bonds is 0. The average molecular weight is 209 g/mol. The highest BCUT2D eigenvalue weighted by Gasteiger charge is 2.11. The first-order valence-corrected chi connectivity index (χ1v) is 5.40. The summed E-state index contributed by atoms with van der Waals surface area (Å²) in [7, 11) is 2.06. The molecule has 0 N–H and O–H groups in total. The number of hydrogen-bond donors (Lipinski definition) is 0. The lowest BCUT2D eigenvalue weighted by molar-refractivity contribution is -0.644. The number of nitrogens with zero attached hydrogens (tertiary/aromatic N) is 2. The Morgan fingerprint density at radius 1 is 1.19 bits per heavy atom. The smallest absolute Gasteiger partial charge is 0.238 e. The largest absolute Gasteiger partial charge is 0.249 e. The molecular formula is C14H13N2+. The van der Waals surface area contributed by atoms with Crippen LogP contribution in [-0.4, -0.2) is 4.98 Å². The Kier molecular flexibility index (Phi) is 1.90. The summed E-state index contributed by atoms with van der Waals surface area (Å²) in [5, 5.41) is 2.48. The van der Waals surface area contributed by atoms with E-state index in [1.165, 1.54) is 21.9 Å². The fourth-order valence-corrected chi connectivity index (χ4v) is 2.28. The molecule has 0 fully saturated rings. The second kappa shape index (κ2) is 3.27. The van der Waals surface area contributed by atoms with Gasteiger partial charge in [-0.05, 0) is 30.7 Å². The molecule has 2 aromatic heterocycles. The number of aromatic nitrogens is 2. The van der Waals surface area contributed by atoms with E-state index in [0.29, 0.717) is 0 Å². The molecule has 1 aromatic carbocycles. The number of fused-ring (bicyclic) bond motifs is 3. The quantitative estimate of drug-likeness (QED) is 0.410. The zero-order chi connectivity index (χ0) is 11.1. The summed E-state index contributed by atoms with van der Waals surface area (Å²) in [4.78, 5) is 4.51. The predicted octanol–water partition coefficient (Wildman–Crippen LogP) is 2.52. The molecule has 0 aliphatic carbocycles. The van der Waals surface area contributed by atoms with Gasteiger partial charge >= 0.3 is 0 Å². The maximum atomic E-state index is 4.51. The van der Waals surface area contributed by atoms with Crippen molar-refractivity contribution in [3.05, 3.63) is 48.3 Å². The van der Waals surface area contributed by atoms with Gasteiger partial charge in [-0.1, -0.05) is 6.07 Å². The minimum atomic E-state index is 1.08. The van der Waals surface area contributed by atoms with Gasteiger partial charge in [-0.15, -0.1) is 0 Å². The highest BCUT2D eigenvalue weighted by Crippen LogP contribution is 2.23. The summed E-state index contributed by atoms with van der Waals surface area (Å²) in [5.41, 5.74) is 3.56. The van der Waals surface area contributed by atoms with Crippen molar-refractivity contribution in [3.63, 3.8) is 0 Å². The monoisotopic (exact) mass is 209 g/mol. The van der Waals surface area contributed by atoms with Gasteiger partial charge in [-0.25, -0.2) is 4.98 Å². The summed E-state index contributed by atoms with van der Waals surface area (Å²) in [5.74, 6) is 0. The maximum Gasteiger partial charge on any atom is 0.238 e. The van der Waals surface area contributed by atoms with E-state index >= 15 is 0 Å². The summed E-state index contributed by atoms with van der Waals surface area (Å²) in [6.45, 7) is 2.14. The number of hydrogen-bond acceptors (Lipinski definition) is 1. The van der Waals surface area contributed by atoms with Crippen LogP contribution < -0.4 is 4.57 Å². The molecule has 0 bridgehead atoms. The summed E-state index contributed by atoms with van der Waals surface area (Å²) < 4.78 is 2.13. The highest BCUT2D eigenvalue weighted by atomic mass is 14.9. The van der Waals surface area contributed by atoms with Crippen LogP contribution in [-0.2, 0) is 7.05 Å². The average Bonchev–Trinajstić information content (AvgIpc) is 2.29. The van der Waals surface area contributed by atoms with Crippen LogP contribution in [0.2, 0.25) is 0 Å². The molecule has 16 heavy (non-hydrogen) atoms. The normalized spacial score (nSPS) is 11.1. The molecule has 2 heterocycles. The lowest BCUT2D eigenvalue weighted by atomic mass is 10.1. The van der Waals surface area contributed by atoms with E-state index in [1.54, 1.807) is 0 Å². The van der Waals surface area contributed by atoms with E-state index in [-0.39, 0.29) is 0 Å². The first-order chi connectivity index (χ1) is 7.77. The van der Waals surface area contributed by atoms with E-state index in [2.05, 4.69) is 54.0 Å². The van der Waals surface area contributed by atoms with Crippen LogP contribution in [0.4, 0.5) is 0 Å². The molecule has 0 saturated carbocycles. The van der Waals surface area contributed by atoms with Gasteiger partial charge in [0.15, 0.2) is 6.20 Å². The number of pyridine rings is 2. The molecule has 0 aliphatic heterocycles. The molecule has 2 heteroatoms. The van der Waals surface area contributed by atoms with Crippen LogP contribution in [0.25, 0.3) is 21.8 Å². The SMILES string of the molecule is Cc1cc2ccc[n+](C)c2c2ncccc12. The third kappa shape index (κ3) is 1.20. The fourth-order valence-electron chi connectivity index (χ4n) is 2.28. The van der Waals surface area contributed by atoms with E-state index in [4.69, 9.17) is 0 Å². The molecule has 3 aromatic rings. The van der Waals surface area contributed by atoms with Crippen molar-refractivity contribution in [1.29, 1.82) is 0 Å². The minimum Gasteiger partial charge on any atom is -0.249 e. The standard InChI is InChI=1S/C14H13N2/c1-10-9-11-5-4-8-16(2)14(11)13-12(10)6-3-7-15-13/h3-9H,1-2H3/q+1. The zero-order valence-electron chi connectivity index (χ0n) is 9.44. The molecule has 0 aliphatic rings. The van der Waals surface area contributed by atoms with Crippen LogP contribution in [0.15, 0.2) is 42.7 Å². The van der Waals surface area contributed by atoms with Crippen molar-refractivity contribution in [1.82, 2.24) is 4.98 Å². The summed E-state index contributed by atoms with van der Waals surface area (Å²) in [6, 6.07) is 10.5. The van der Waals surface area contributed by atoms with Crippen LogP contribution >= 0.6 is 0 Å². The summed E-state index contributed by atoms with van der Waals surface area (Å²) >= 11 is 0. The highest BCUT2D eigenvalue weighted by molar-refractivity contribution is 6.02. The topological polar surface area (TPSA) is 16.8 Å². The molecule has 3 rings (SSSR count). The lowest BCUT2D eigenvalue weighted by Crippen LogP contribution is -2.28. The Hall–Kier alpha value is -1.96. The second-order valence-corrected chi connectivity index (χ2v) is 4.15. The first kappa shape index (κ1) is 9.28. The summed E-state index contributed by atoms with van der Waals surface area (Å²) in [6.07, 6.45) is 3.92. The van der Waals surface area contributed by atoms with Crippen LogP contribution in [0.3, 0.4) is 0 Å². The number of aryl methyl sites for hydroxylation is 2. The van der Waals surface area contributed by atoms with Gasteiger partial charge in [0.1, 0.15) is 12.6 Å². The van der Waals surface area contributed by atoms with Crippen LogP contribution in [0.5, 0.6) is 0 Å². The molecule has 0 spiro atoms. The molecule has 0 amide bonds. The Balaban J connectivity index is 2.67. The molecule has 0 radical (unpaired) electrons. The van der Waals surface area contributed by atoms with E-state index in [1.807, 2.05) is 12.3 Å². The van der Waals surface area contributed by atoms with E-state index in [0.717, 1.165) is 5.52 Å². The van der Waals surface area contributed by atoms with Crippen LogP contribution in [0.1, 0.15) is 5.56 Å². The molecular weight excluding hydrogens is 196 g/mol. The first-order valence-electron chi connectivity index (χ1n) is 5.40. The van der Waals surface area contributed by atoms with E-state index < -0.39 is 0 Å². The second-order valence-electron chi connectivity index (χ2n) is 4.15. The van der Waals surface area contributed by atoms with Gasteiger partial charge in [0, 0.05) is 23.0 Å². The van der Waals surface area contributed by atoms with Gasteiger partial charge < -0.3 is 0 Å². The van der Waals surface area contributed by atoms with Gasteiger partial charge in [0.25, 0.3) is 0 Å². The molecule has 2 nitrogen and oxygen atoms in total. The molecule has 0 saturated heterocycles. The molecule has 0 unspecified atom stereocenters. The Morgan fingerprint density at radius 2 is 2.06 bits per heavy atom. The maximum absolute atomic E-state index is 4.51. The Labute approximate surface area is 94.2 Å². The van der Waals surface area contributed by atoms with Crippen LogP contribution in [0, 0.1) is 6.92 Å². The predicted molar refractivity (Wildman–Crippen MR) is 65.2 cm³/mol. The Bertz CT molecular complexity index is 687. The van der Waals surface area contributed by atoms with Crippen molar-refractivity contribution in [2.75, 3.05) is 0 Å². The van der Waals surface area contributed by atoms with Crippen molar-refractivity contribution in [3.8, 4) is 0 Å². The van der Waals surface area contributed by atoms with Crippen molar-refractivity contribution in [2.24, 2.45) is 7.05 Å².